The third-order valence-corrected chi connectivity index (χ3v) is 1.02. The number of nitrogens with zero attached hydrogens (tertiary/aromatic N) is 2. The Labute approximate surface area is 51.9 Å². The maximum Gasteiger partial charge on any atom is 0.276 e. The molecule has 0 amide bonds. The maximum absolute atomic E-state index is 10.8. The van der Waals surface area contributed by atoms with Crippen LogP contribution in [0.1, 0.15) is 0 Å². The first-order valence-corrected chi connectivity index (χ1v) is 2.48. The molecule has 1 aromatic rings. The molecule has 0 aromatic carbocycles. The first-order valence-electron chi connectivity index (χ1n) is 2.48. The maximum atomic E-state index is 10.8. The minimum absolute atomic E-state index is 0.181. The van der Waals surface area contributed by atoms with Crippen LogP contribution in [0, 0.1) is 0 Å². The molecule has 1 rings (SSSR count). The molecule has 0 unspecified atom stereocenters. The zero-order chi connectivity index (χ0) is 6.85. The van der Waals surface area contributed by atoms with Gasteiger partial charge >= 0.3 is 0 Å². The van der Waals surface area contributed by atoms with Gasteiger partial charge in [0.05, 0.1) is 12.5 Å². The van der Waals surface area contributed by atoms with E-state index in [9.17, 15) is 4.79 Å². The van der Waals surface area contributed by atoms with Crippen LogP contribution in [-0.2, 0) is 7.05 Å². The minimum atomic E-state index is -0.204. The molecule has 0 bridgehead atoms. The molecule has 0 fully saturated rings. The fourth-order valence-corrected chi connectivity index (χ4v) is 0.525. The zero-order valence-electron chi connectivity index (χ0n) is 5.03. The Morgan fingerprint density at radius 3 is 2.89 bits per heavy atom. The molecule has 4 heteroatoms. The standard InChI is InChI=1S/C5H7N3O/c1-8-3-7-2-4(6)5(8)9/h2-3H,6H2,1H3. The van der Waals surface area contributed by atoms with Gasteiger partial charge in [0.15, 0.2) is 0 Å². The minimum Gasteiger partial charge on any atom is -0.393 e. The van der Waals surface area contributed by atoms with E-state index in [-0.39, 0.29) is 11.2 Å². The van der Waals surface area contributed by atoms with Crippen molar-refractivity contribution in [3.05, 3.63) is 22.9 Å². The van der Waals surface area contributed by atoms with Crippen LogP contribution in [0.25, 0.3) is 0 Å². The average molecular weight is 125 g/mol. The zero-order valence-corrected chi connectivity index (χ0v) is 5.03. The number of rotatable bonds is 0. The number of aromatic nitrogens is 2. The number of nitrogens with two attached hydrogens (primary N) is 1. The Bertz CT molecular complexity index is 242. The normalized spacial score (nSPS) is 9.44. The monoisotopic (exact) mass is 125 g/mol. The molecule has 0 aliphatic heterocycles. The van der Waals surface area contributed by atoms with Gasteiger partial charge < -0.3 is 10.3 Å². The van der Waals surface area contributed by atoms with E-state index in [0.29, 0.717) is 0 Å². The summed E-state index contributed by atoms with van der Waals surface area (Å²) in [4.78, 5) is 14.4. The fraction of sp³-hybridized carbons (Fsp3) is 0.200. The Kier molecular flexibility index (Phi) is 1.22. The molecule has 0 saturated heterocycles. The highest BCUT2D eigenvalue weighted by Gasteiger charge is 1.91. The van der Waals surface area contributed by atoms with Crippen molar-refractivity contribution < 1.29 is 0 Å². The quantitative estimate of drug-likeness (QED) is 0.501. The van der Waals surface area contributed by atoms with E-state index in [1.54, 1.807) is 7.05 Å². The number of hydrogen-bond donors (Lipinski definition) is 1. The largest absolute Gasteiger partial charge is 0.393 e. The fourth-order valence-electron chi connectivity index (χ4n) is 0.525. The number of aryl methyl sites for hydroxylation is 1. The Hall–Kier alpha value is -1.32. The second-order valence-corrected chi connectivity index (χ2v) is 1.77. The lowest BCUT2D eigenvalue weighted by Crippen LogP contribution is -2.19. The van der Waals surface area contributed by atoms with Gasteiger partial charge in [0, 0.05) is 7.05 Å². The summed E-state index contributed by atoms with van der Waals surface area (Å²) in [6.45, 7) is 0. The van der Waals surface area contributed by atoms with Crippen LogP contribution in [0.3, 0.4) is 0 Å². The highest BCUT2D eigenvalue weighted by Crippen LogP contribution is 1.82. The van der Waals surface area contributed by atoms with Crippen molar-refractivity contribution in [2.75, 3.05) is 5.73 Å². The number of nitrogen functional groups attached to an aromatic ring is 1. The molecule has 0 spiro atoms. The van der Waals surface area contributed by atoms with Gasteiger partial charge in [-0.15, -0.1) is 0 Å². The predicted octanol–water partition coefficient (Wildman–Crippen LogP) is -0.638. The summed E-state index contributed by atoms with van der Waals surface area (Å²) in [5.41, 5.74) is 5.20. The van der Waals surface area contributed by atoms with Crippen molar-refractivity contribution in [3.63, 3.8) is 0 Å². The summed E-state index contributed by atoms with van der Waals surface area (Å²) in [6.07, 6.45) is 2.75. The third kappa shape index (κ3) is 0.910. The summed E-state index contributed by atoms with van der Waals surface area (Å²) in [6, 6.07) is 0. The van der Waals surface area contributed by atoms with E-state index in [2.05, 4.69) is 4.98 Å². The summed E-state index contributed by atoms with van der Waals surface area (Å²) < 4.78 is 1.33. The van der Waals surface area contributed by atoms with Gasteiger partial charge in [-0.3, -0.25) is 4.79 Å². The number of anilines is 1. The second-order valence-electron chi connectivity index (χ2n) is 1.77. The lowest BCUT2D eigenvalue weighted by molar-refractivity contribution is 0.828. The van der Waals surface area contributed by atoms with Crippen LogP contribution in [0.15, 0.2) is 17.3 Å². The van der Waals surface area contributed by atoms with Crippen LogP contribution in [0.2, 0.25) is 0 Å². The second kappa shape index (κ2) is 1.89. The molecule has 0 aliphatic rings. The first kappa shape index (κ1) is 5.81. The molecule has 1 heterocycles. The van der Waals surface area contributed by atoms with E-state index in [0.717, 1.165) is 0 Å². The molecule has 0 radical (unpaired) electrons. The van der Waals surface area contributed by atoms with E-state index in [1.165, 1.54) is 17.1 Å². The molecule has 0 saturated carbocycles. The van der Waals surface area contributed by atoms with Gasteiger partial charge in [-0.05, 0) is 0 Å². The molecule has 0 atom stereocenters. The van der Waals surface area contributed by atoms with Gasteiger partial charge in [0.2, 0.25) is 0 Å². The van der Waals surface area contributed by atoms with Crippen LogP contribution in [0.4, 0.5) is 5.69 Å². The molecule has 1 aromatic heterocycles. The van der Waals surface area contributed by atoms with Crippen molar-refractivity contribution in [1.82, 2.24) is 9.55 Å². The molecule has 0 aliphatic carbocycles. The van der Waals surface area contributed by atoms with E-state index in [1.807, 2.05) is 0 Å². The summed E-state index contributed by atoms with van der Waals surface area (Å²) in [5, 5.41) is 0. The molecular formula is C5H7N3O. The smallest absolute Gasteiger partial charge is 0.276 e. The predicted molar refractivity (Wildman–Crippen MR) is 33.9 cm³/mol. The SMILES string of the molecule is Cn1cncc(N)c1=O. The van der Waals surface area contributed by atoms with Crippen molar-refractivity contribution in [3.8, 4) is 0 Å². The van der Waals surface area contributed by atoms with Crippen molar-refractivity contribution in [1.29, 1.82) is 0 Å². The summed E-state index contributed by atoms with van der Waals surface area (Å²) >= 11 is 0. The van der Waals surface area contributed by atoms with Gasteiger partial charge in [0.25, 0.3) is 5.56 Å². The lowest BCUT2D eigenvalue weighted by atomic mass is 10.5. The molecule has 48 valence electrons. The van der Waals surface area contributed by atoms with Crippen LogP contribution in [0.5, 0.6) is 0 Å². The molecule has 9 heavy (non-hydrogen) atoms. The molecule has 2 N–H and O–H groups in total. The highest BCUT2D eigenvalue weighted by molar-refractivity contribution is 5.29. The highest BCUT2D eigenvalue weighted by atomic mass is 16.1. The van der Waals surface area contributed by atoms with Gasteiger partial charge in [-0.1, -0.05) is 0 Å². The van der Waals surface area contributed by atoms with E-state index < -0.39 is 0 Å². The Morgan fingerprint density at radius 1 is 1.78 bits per heavy atom. The first-order chi connectivity index (χ1) is 4.22. The average Bonchev–Trinajstić information content (AvgIpc) is 1.83. The van der Waals surface area contributed by atoms with Crippen molar-refractivity contribution in [2.45, 2.75) is 0 Å². The van der Waals surface area contributed by atoms with E-state index >= 15 is 0 Å². The Balaban J connectivity index is 3.43. The van der Waals surface area contributed by atoms with Crippen LogP contribution in [-0.4, -0.2) is 9.55 Å². The molecular weight excluding hydrogens is 118 g/mol. The lowest BCUT2D eigenvalue weighted by Gasteiger charge is -1.93. The number of hydrogen-bond acceptors (Lipinski definition) is 3. The van der Waals surface area contributed by atoms with Crippen molar-refractivity contribution in [2.24, 2.45) is 7.05 Å². The third-order valence-electron chi connectivity index (χ3n) is 1.02. The van der Waals surface area contributed by atoms with Gasteiger partial charge in [-0.2, -0.15) is 0 Å². The summed E-state index contributed by atoms with van der Waals surface area (Å²) in [7, 11) is 1.60. The summed E-state index contributed by atoms with van der Waals surface area (Å²) in [5.74, 6) is 0. The van der Waals surface area contributed by atoms with Gasteiger partial charge in [-0.25, -0.2) is 4.98 Å². The van der Waals surface area contributed by atoms with E-state index in [4.69, 9.17) is 5.73 Å². The van der Waals surface area contributed by atoms with Crippen molar-refractivity contribution >= 4 is 5.69 Å². The van der Waals surface area contributed by atoms with Crippen LogP contribution >= 0.6 is 0 Å². The van der Waals surface area contributed by atoms with Gasteiger partial charge in [0.1, 0.15) is 5.69 Å². The van der Waals surface area contributed by atoms with Crippen LogP contribution < -0.4 is 11.3 Å². The Morgan fingerprint density at radius 2 is 2.44 bits per heavy atom. The topological polar surface area (TPSA) is 60.9 Å². The molecule has 4 nitrogen and oxygen atoms in total.